The molecule has 0 radical (unpaired) electrons. The minimum Gasteiger partial charge on any atom is -0.457 e. The first-order valence-electron chi connectivity index (χ1n) is 8.17. The highest BCUT2D eigenvalue weighted by atomic mass is 32.1. The average molecular weight is 352 g/mol. The Hall–Kier alpha value is -2.66. The number of amides is 1. The number of anilines is 1. The number of thiazole rings is 1. The number of nitrogens with one attached hydrogen (secondary N) is 1. The van der Waals surface area contributed by atoms with Gasteiger partial charge in [-0.25, -0.2) is 4.98 Å². The fraction of sp³-hybridized carbons (Fsp3) is 0.200. The van der Waals surface area contributed by atoms with Crippen molar-refractivity contribution >= 4 is 22.9 Å². The summed E-state index contributed by atoms with van der Waals surface area (Å²) in [6.45, 7) is 4.20. The second-order valence-corrected chi connectivity index (χ2v) is 6.89. The molecular formula is C20H20N2O2S. The molecule has 0 atom stereocenters. The molecule has 0 aliphatic heterocycles. The summed E-state index contributed by atoms with van der Waals surface area (Å²) in [5, 5.41) is 5.90. The lowest BCUT2D eigenvalue weighted by atomic mass is 10.2. The van der Waals surface area contributed by atoms with Crippen LogP contribution in [0.15, 0.2) is 60.0 Å². The Kier molecular flexibility index (Phi) is 5.46. The zero-order valence-electron chi connectivity index (χ0n) is 14.2. The molecule has 1 aromatic heterocycles. The quantitative estimate of drug-likeness (QED) is 0.660. The maximum absolute atomic E-state index is 12.2. The number of nitrogens with zero attached hydrogens (tertiary/aromatic N) is 1. The minimum absolute atomic E-state index is 0.0719. The van der Waals surface area contributed by atoms with Crippen molar-refractivity contribution in [1.82, 2.24) is 4.98 Å². The average Bonchev–Trinajstić information content (AvgIpc) is 3.06. The van der Waals surface area contributed by atoms with Crippen molar-refractivity contribution in [2.24, 2.45) is 0 Å². The number of aromatic nitrogens is 1. The van der Waals surface area contributed by atoms with E-state index >= 15 is 0 Å². The number of hydrogen-bond donors (Lipinski definition) is 1. The number of hydrogen-bond acceptors (Lipinski definition) is 4. The van der Waals surface area contributed by atoms with Gasteiger partial charge in [0, 0.05) is 17.0 Å². The zero-order valence-corrected chi connectivity index (χ0v) is 15.0. The van der Waals surface area contributed by atoms with Gasteiger partial charge in [-0.1, -0.05) is 32.0 Å². The first kappa shape index (κ1) is 17.2. The van der Waals surface area contributed by atoms with Crippen LogP contribution in [0.2, 0.25) is 0 Å². The van der Waals surface area contributed by atoms with E-state index in [2.05, 4.69) is 24.1 Å². The van der Waals surface area contributed by atoms with Crippen LogP contribution in [0, 0.1) is 0 Å². The number of rotatable bonds is 6. The van der Waals surface area contributed by atoms with Gasteiger partial charge in [0.25, 0.3) is 0 Å². The Morgan fingerprint density at radius 1 is 1.08 bits per heavy atom. The third-order valence-electron chi connectivity index (χ3n) is 3.52. The summed E-state index contributed by atoms with van der Waals surface area (Å²) in [7, 11) is 0. The summed E-state index contributed by atoms with van der Waals surface area (Å²) in [5.41, 5.74) is 1.56. The van der Waals surface area contributed by atoms with Crippen LogP contribution in [0.25, 0.3) is 0 Å². The normalized spacial score (nSPS) is 10.7. The first-order valence-corrected chi connectivity index (χ1v) is 9.05. The van der Waals surface area contributed by atoms with Crippen molar-refractivity contribution in [3.63, 3.8) is 0 Å². The molecule has 1 amide bonds. The van der Waals surface area contributed by atoms with Gasteiger partial charge < -0.3 is 10.1 Å². The summed E-state index contributed by atoms with van der Waals surface area (Å²) in [5.74, 6) is 1.82. The van der Waals surface area contributed by atoms with Gasteiger partial charge in [-0.2, -0.15) is 0 Å². The standard InChI is InChI=1S/C20H20N2O2S/c1-14(2)20-22-16(13-25-20)12-19(23)21-15-8-10-18(11-9-15)24-17-6-4-3-5-7-17/h3-11,13-14H,12H2,1-2H3,(H,21,23). The van der Waals surface area contributed by atoms with Crippen LogP contribution < -0.4 is 10.1 Å². The van der Waals surface area contributed by atoms with Crippen molar-refractivity contribution in [1.29, 1.82) is 0 Å². The van der Waals surface area contributed by atoms with Crippen molar-refractivity contribution in [2.45, 2.75) is 26.2 Å². The number of benzene rings is 2. The molecule has 0 fully saturated rings. The lowest BCUT2D eigenvalue weighted by molar-refractivity contribution is -0.115. The molecular weight excluding hydrogens is 332 g/mol. The Morgan fingerprint density at radius 3 is 2.40 bits per heavy atom. The number of ether oxygens (including phenoxy) is 1. The van der Waals surface area contributed by atoms with Gasteiger partial charge in [-0.3, -0.25) is 4.79 Å². The van der Waals surface area contributed by atoms with E-state index in [0.717, 1.165) is 27.9 Å². The smallest absolute Gasteiger partial charge is 0.230 e. The lowest BCUT2D eigenvalue weighted by Crippen LogP contribution is -2.14. The largest absolute Gasteiger partial charge is 0.457 e. The van der Waals surface area contributed by atoms with Crippen molar-refractivity contribution in [2.75, 3.05) is 5.32 Å². The molecule has 0 spiro atoms. The molecule has 128 valence electrons. The van der Waals surface area contributed by atoms with E-state index in [0.29, 0.717) is 5.92 Å². The van der Waals surface area contributed by atoms with E-state index in [-0.39, 0.29) is 12.3 Å². The monoisotopic (exact) mass is 352 g/mol. The van der Waals surface area contributed by atoms with Crippen LogP contribution in [0.5, 0.6) is 11.5 Å². The van der Waals surface area contributed by atoms with Crippen molar-refractivity contribution in [3.05, 3.63) is 70.7 Å². The van der Waals surface area contributed by atoms with E-state index in [1.807, 2.05) is 60.0 Å². The number of para-hydroxylation sites is 1. The summed E-state index contributed by atoms with van der Waals surface area (Å²) in [6, 6.07) is 16.9. The SMILES string of the molecule is CC(C)c1nc(CC(=O)Nc2ccc(Oc3ccccc3)cc2)cs1. The molecule has 5 heteroatoms. The Labute approximate surface area is 151 Å². The molecule has 0 saturated carbocycles. The molecule has 3 aromatic rings. The summed E-state index contributed by atoms with van der Waals surface area (Å²) >= 11 is 1.60. The molecule has 0 aliphatic carbocycles. The molecule has 25 heavy (non-hydrogen) atoms. The maximum Gasteiger partial charge on any atom is 0.230 e. The lowest BCUT2D eigenvalue weighted by Gasteiger charge is -2.07. The molecule has 0 unspecified atom stereocenters. The van der Waals surface area contributed by atoms with Gasteiger partial charge in [-0.15, -0.1) is 11.3 Å². The molecule has 4 nitrogen and oxygen atoms in total. The van der Waals surface area contributed by atoms with E-state index in [4.69, 9.17) is 4.74 Å². The topological polar surface area (TPSA) is 51.2 Å². The van der Waals surface area contributed by atoms with Crippen LogP contribution in [0.3, 0.4) is 0 Å². The number of carbonyl (C=O) groups excluding carboxylic acids is 1. The van der Waals surface area contributed by atoms with E-state index in [9.17, 15) is 4.79 Å². The fourth-order valence-corrected chi connectivity index (χ4v) is 3.10. The van der Waals surface area contributed by atoms with Gasteiger partial charge in [0.1, 0.15) is 11.5 Å². The third-order valence-corrected chi connectivity index (χ3v) is 4.72. The highest BCUT2D eigenvalue weighted by Gasteiger charge is 2.10. The zero-order chi connectivity index (χ0) is 17.6. The third kappa shape index (κ3) is 4.90. The summed E-state index contributed by atoms with van der Waals surface area (Å²) in [6.07, 6.45) is 0.283. The van der Waals surface area contributed by atoms with Gasteiger partial charge in [0.15, 0.2) is 0 Å². The molecule has 0 bridgehead atoms. The molecule has 1 heterocycles. The molecule has 2 aromatic carbocycles. The van der Waals surface area contributed by atoms with Crippen LogP contribution in [-0.2, 0) is 11.2 Å². The van der Waals surface area contributed by atoms with Gasteiger partial charge >= 0.3 is 0 Å². The minimum atomic E-state index is -0.0719. The highest BCUT2D eigenvalue weighted by Crippen LogP contribution is 2.23. The molecule has 0 aliphatic rings. The molecule has 1 N–H and O–H groups in total. The van der Waals surface area contributed by atoms with Gasteiger partial charge in [0.2, 0.25) is 5.91 Å². The molecule has 3 rings (SSSR count). The highest BCUT2D eigenvalue weighted by molar-refractivity contribution is 7.09. The van der Waals surface area contributed by atoms with Crippen LogP contribution in [0.1, 0.15) is 30.5 Å². The Balaban J connectivity index is 1.56. The molecule has 0 saturated heterocycles. The van der Waals surface area contributed by atoms with Crippen LogP contribution in [0.4, 0.5) is 5.69 Å². The van der Waals surface area contributed by atoms with Gasteiger partial charge in [0.05, 0.1) is 17.1 Å². The van der Waals surface area contributed by atoms with E-state index in [1.165, 1.54) is 0 Å². The number of carbonyl (C=O) groups is 1. The predicted molar refractivity (Wildman–Crippen MR) is 101 cm³/mol. The summed E-state index contributed by atoms with van der Waals surface area (Å²) < 4.78 is 5.74. The Morgan fingerprint density at radius 2 is 1.76 bits per heavy atom. The maximum atomic E-state index is 12.2. The van der Waals surface area contributed by atoms with E-state index < -0.39 is 0 Å². The predicted octanol–water partition coefficient (Wildman–Crippen LogP) is 5.24. The van der Waals surface area contributed by atoms with Crippen molar-refractivity contribution < 1.29 is 9.53 Å². The van der Waals surface area contributed by atoms with Gasteiger partial charge in [-0.05, 0) is 36.4 Å². The van der Waals surface area contributed by atoms with Crippen LogP contribution in [-0.4, -0.2) is 10.9 Å². The second-order valence-electron chi connectivity index (χ2n) is 6.00. The van der Waals surface area contributed by atoms with E-state index in [1.54, 1.807) is 11.3 Å². The summed E-state index contributed by atoms with van der Waals surface area (Å²) in [4.78, 5) is 16.6. The van der Waals surface area contributed by atoms with Crippen molar-refractivity contribution in [3.8, 4) is 11.5 Å². The Bertz CT molecular complexity index is 826. The first-order chi connectivity index (χ1) is 12.1. The van der Waals surface area contributed by atoms with Crippen LogP contribution >= 0.6 is 11.3 Å². The fourth-order valence-electron chi connectivity index (χ4n) is 2.27. The second kappa shape index (κ2) is 7.94.